The number of hydrogen-bond acceptors (Lipinski definition) is 7. The van der Waals surface area contributed by atoms with E-state index in [0.717, 1.165) is 10.1 Å². The van der Waals surface area contributed by atoms with Crippen molar-refractivity contribution in [3.8, 4) is 11.5 Å². The third-order valence-electron chi connectivity index (χ3n) is 5.92. The minimum absolute atomic E-state index is 0.00374. The Morgan fingerprint density at radius 1 is 1.03 bits per heavy atom. The molecule has 12 heteroatoms. The molecule has 2 aromatic heterocycles. The first-order valence-electron chi connectivity index (χ1n) is 11.5. The quantitative estimate of drug-likeness (QED) is 0.277. The maximum Gasteiger partial charge on any atom is 0.355 e. The van der Waals surface area contributed by atoms with Gasteiger partial charge in [0.25, 0.3) is 0 Å². The number of benzene rings is 2. The van der Waals surface area contributed by atoms with Crippen LogP contribution in [-0.4, -0.2) is 30.2 Å². The summed E-state index contributed by atoms with van der Waals surface area (Å²) < 4.78 is 7.90. The largest absolute Gasteiger partial charge is 0.481 e. The Labute approximate surface area is 227 Å². The van der Waals surface area contributed by atoms with Crippen molar-refractivity contribution in [2.45, 2.75) is 26.4 Å². The highest BCUT2D eigenvalue weighted by Gasteiger charge is 2.26. The minimum atomic E-state index is -1.13. The van der Waals surface area contributed by atoms with Gasteiger partial charge in [0.15, 0.2) is 0 Å². The molecule has 0 saturated heterocycles. The summed E-state index contributed by atoms with van der Waals surface area (Å²) in [5, 5.41) is 13.3. The number of nitrogens with zero attached hydrogens (tertiary/aromatic N) is 4. The highest BCUT2D eigenvalue weighted by Crippen LogP contribution is 2.25. The molecule has 0 fully saturated rings. The number of pyridine rings is 1. The van der Waals surface area contributed by atoms with Crippen LogP contribution < -0.4 is 21.4 Å². The van der Waals surface area contributed by atoms with E-state index >= 15 is 0 Å². The van der Waals surface area contributed by atoms with Gasteiger partial charge in [-0.1, -0.05) is 35.3 Å². The van der Waals surface area contributed by atoms with E-state index in [0.29, 0.717) is 27.4 Å². The Morgan fingerprint density at radius 2 is 1.71 bits per heavy atom. The fourth-order valence-electron chi connectivity index (χ4n) is 3.62. The highest BCUT2D eigenvalue weighted by molar-refractivity contribution is 6.30. The van der Waals surface area contributed by atoms with E-state index < -0.39 is 29.3 Å². The molecule has 0 bridgehead atoms. The molecule has 4 rings (SSSR count). The predicted octanol–water partition coefficient (Wildman–Crippen LogP) is 4.97. The first-order valence-corrected chi connectivity index (χ1v) is 12.2. The molecular weight excluding hydrogens is 533 g/mol. The van der Waals surface area contributed by atoms with E-state index in [-0.39, 0.29) is 12.5 Å². The summed E-state index contributed by atoms with van der Waals surface area (Å²) in [5.74, 6) is -1.09. The van der Waals surface area contributed by atoms with Gasteiger partial charge in [-0.3, -0.25) is 9.36 Å². The van der Waals surface area contributed by atoms with E-state index in [1.54, 1.807) is 60.7 Å². The van der Waals surface area contributed by atoms with Crippen LogP contribution in [0.4, 0.5) is 11.6 Å². The van der Waals surface area contributed by atoms with E-state index in [1.165, 1.54) is 24.6 Å². The summed E-state index contributed by atoms with van der Waals surface area (Å²) in [7, 11) is 0. The van der Waals surface area contributed by atoms with Crippen molar-refractivity contribution in [2.24, 2.45) is 5.92 Å². The van der Waals surface area contributed by atoms with Crippen molar-refractivity contribution in [1.82, 2.24) is 19.1 Å². The second-order valence-corrected chi connectivity index (χ2v) is 9.34. The zero-order valence-electron chi connectivity index (χ0n) is 20.3. The predicted molar refractivity (Wildman–Crippen MR) is 144 cm³/mol. The number of hydrogen-bond donors (Lipinski definition) is 2. The number of halogens is 2. The molecule has 0 spiro atoms. The number of carboxylic acid groups (broad SMARTS) is 1. The van der Waals surface area contributed by atoms with Crippen molar-refractivity contribution < 1.29 is 14.6 Å². The van der Waals surface area contributed by atoms with Crippen LogP contribution in [0.2, 0.25) is 10.2 Å². The Balaban J connectivity index is 1.69. The SMILES string of the molecule is C[C@@H](C(=O)O)[C@H](C)n1c(=O)nc(Nc2ccc(Oc3ccnc(Cl)c3)cc2)n(Cc2ccc(Cl)cc2)c1=O. The molecule has 0 unspecified atom stereocenters. The fourth-order valence-corrected chi connectivity index (χ4v) is 3.91. The van der Waals surface area contributed by atoms with E-state index in [4.69, 9.17) is 27.9 Å². The molecule has 2 aromatic carbocycles. The van der Waals surface area contributed by atoms with Crippen LogP contribution in [0.5, 0.6) is 11.5 Å². The number of aromatic nitrogens is 4. The van der Waals surface area contributed by atoms with Crippen LogP contribution in [0, 0.1) is 5.92 Å². The lowest BCUT2D eigenvalue weighted by Gasteiger charge is -2.21. The number of ether oxygens (including phenoxy) is 1. The third-order valence-corrected chi connectivity index (χ3v) is 6.38. The Hall–Kier alpha value is -4.15. The first-order chi connectivity index (χ1) is 18.1. The third kappa shape index (κ3) is 6.21. The second kappa shape index (κ2) is 11.5. The molecular formula is C26H23Cl2N5O5. The number of carbonyl (C=O) groups is 1. The van der Waals surface area contributed by atoms with Crippen LogP contribution >= 0.6 is 23.2 Å². The van der Waals surface area contributed by atoms with Gasteiger partial charge < -0.3 is 15.2 Å². The lowest BCUT2D eigenvalue weighted by molar-refractivity contribution is -0.142. The summed E-state index contributed by atoms with van der Waals surface area (Å²) in [6.45, 7) is 2.99. The van der Waals surface area contributed by atoms with Gasteiger partial charge in [-0.05, 0) is 61.9 Å². The fraction of sp³-hybridized carbons (Fsp3) is 0.192. The normalized spacial score (nSPS) is 12.5. The van der Waals surface area contributed by atoms with E-state index in [1.807, 2.05) is 0 Å². The monoisotopic (exact) mass is 555 g/mol. The van der Waals surface area contributed by atoms with Gasteiger partial charge in [-0.25, -0.2) is 19.1 Å². The van der Waals surface area contributed by atoms with E-state index in [9.17, 15) is 19.5 Å². The summed E-state index contributed by atoms with van der Waals surface area (Å²) in [5.41, 5.74) is -0.297. The average molecular weight is 556 g/mol. The minimum Gasteiger partial charge on any atom is -0.481 e. The molecule has 0 aliphatic heterocycles. The number of nitrogens with one attached hydrogen (secondary N) is 1. The zero-order valence-corrected chi connectivity index (χ0v) is 21.8. The maximum absolute atomic E-state index is 13.5. The van der Waals surface area contributed by atoms with Crippen LogP contribution in [0.25, 0.3) is 0 Å². The second-order valence-electron chi connectivity index (χ2n) is 8.52. The van der Waals surface area contributed by atoms with Crippen LogP contribution in [-0.2, 0) is 11.3 Å². The topological polar surface area (TPSA) is 128 Å². The highest BCUT2D eigenvalue weighted by atomic mass is 35.5. The van der Waals surface area contributed by atoms with Gasteiger partial charge in [0.1, 0.15) is 16.7 Å². The van der Waals surface area contributed by atoms with Gasteiger partial charge in [0.2, 0.25) is 5.95 Å². The maximum atomic E-state index is 13.5. The van der Waals surface area contributed by atoms with Gasteiger partial charge in [-0.2, -0.15) is 4.98 Å². The molecule has 38 heavy (non-hydrogen) atoms. The Kier molecular flexibility index (Phi) is 8.13. The Bertz CT molecular complexity index is 1570. The van der Waals surface area contributed by atoms with Gasteiger partial charge >= 0.3 is 17.3 Å². The van der Waals surface area contributed by atoms with Crippen LogP contribution in [0.1, 0.15) is 25.5 Å². The van der Waals surface area contributed by atoms with Gasteiger partial charge in [0.05, 0.1) is 18.5 Å². The van der Waals surface area contributed by atoms with Crippen LogP contribution in [0.15, 0.2) is 76.4 Å². The summed E-state index contributed by atoms with van der Waals surface area (Å²) in [6, 6.07) is 15.9. The number of rotatable bonds is 9. The molecule has 0 amide bonds. The number of aliphatic carboxylic acids is 1. The van der Waals surface area contributed by atoms with Crippen molar-refractivity contribution >= 4 is 40.8 Å². The summed E-state index contributed by atoms with van der Waals surface area (Å²) in [6.07, 6.45) is 1.53. The molecule has 2 N–H and O–H groups in total. The zero-order chi connectivity index (χ0) is 27.4. The molecule has 0 saturated carbocycles. The van der Waals surface area contributed by atoms with Crippen molar-refractivity contribution in [2.75, 3.05) is 5.32 Å². The summed E-state index contributed by atoms with van der Waals surface area (Å²) >= 11 is 11.9. The number of anilines is 2. The van der Waals surface area contributed by atoms with Crippen LogP contribution in [0.3, 0.4) is 0 Å². The molecule has 10 nitrogen and oxygen atoms in total. The molecule has 4 aromatic rings. The molecule has 2 heterocycles. The Morgan fingerprint density at radius 3 is 2.34 bits per heavy atom. The number of carboxylic acids is 1. The lowest BCUT2D eigenvalue weighted by Crippen LogP contribution is -2.46. The van der Waals surface area contributed by atoms with Crippen molar-refractivity contribution in [1.29, 1.82) is 0 Å². The average Bonchev–Trinajstić information content (AvgIpc) is 2.88. The molecule has 196 valence electrons. The lowest BCUT2D eigenvalue weighted by atomic mass is 10.0. The van der Waals surface area contributed by atoms with Crippen molar-refractivity contribution in [3.63, 3.8) is 0 Å². The molecule has 2 atom stereocenters. The molecule has 0 radical (unpaired) electrons. The molecule has 0 aliphatic carbocycles. The van der Waals surface area contributed by atoms with Gasteiger partial charge in [0, 0.05) is 23.0 Å². The smallest absolute Gasteiger partial charge is 0.355 e. The van der Waals surface area contributed by atoms with Gasteiger partial charge in [-0.15, -0.1) is 0 Å². The first kappa shape index (κ1) is 26.9. The summed E-state index contributed by atoms with van der Waals surface area (Å²) in [4.78, 5) is 46.0. The molecule has 0 aliphatic rings. The van der Waals surface area contributed by atoms with Crippen molar-refractivity contribution in [3.05, 3.63) is 104 Å². The van der Waals surface area contributed by atoms with E-state index in [2.05, 4.69) is 15.3 Å². The standard InChI is InChI=1S/C26H23Cl2N5O5/c1-15(23(34)35)16(2)33-25(36)31-24(32(26(33)37)14-17-3-5-18(27)6-4-17)30-19-7-9-20(10-8-19)38-21-11-12-29-22(28)13-21/h3-13,15-16H,14H2,1-2H3,(H,34,35)(H,30,31,36)/t15-,16+/m1/s1.